The van der Waals surface area contributed by atoms with Crippen LogP contribution in [0.25, 0.3) is 10.9 Å². The highest BCUT2D eigenvalue weighted by Crippen LogP contribution is 2.41. The molecule has 0 spiro atoms. The number of nitrogens with two attached hydrogens (primary N) is 1. The fourth-order valence-corrected chi connectivity index (χ4v) is 5.59. The molecule has 0 amide bonds. The van der Waals surface area contributed by atoms with E-state index < -0.39 is 17.8 Å². The van der Waals surface area contributed by atoms with Crippen LogP contribution in [0.4, 0.5) is 30.4 Å². The van der Waals surface area contributed by atoms with Gasteiger partial charge in [-0.15, -0.1) is 0 Å². The number of aliphatic hydroxyl groups excluding tert-OH is 1. The molecule has 4 N–H and O–H groups in total. The van der Waals surface area contributed by atoms with E-state index in [1.807, 2.05) is 13.8 Å². The summed E-state index contributed by atoms with van der Waals surface area (Å²) in [6.07, 6.45) is 0.454. The van der Waals surface area contributed by atoms with E-state index in [1.165, 1.54) is 16.8 Å². The van der Waals surface area contributed by atoms with E-state index in [2.05, 4.69) is 21.3 Å². The largest absolute Gasteiger partial charge is 0.416 e. The number of fused-ring (bicyclic) bond motifs is 3. The molecule has 2 heterocycles. The number of hydrogen-bond donors (Lipinski definition) is 3. The van der Waals surface area contributed by atoms with E-state index in [0.29, 0.717) is 23.1 Å². The molecule has 5 rings (SSSR count). The molecule has 1 saturated heterocycles. The summed E-state index contributed by atoms with van der Waals surface area (Å²) >= 11 is 0. The lowest BCUT2D eigenvalue weighted by Crippen LogP contribution is -2.35. The van der Waals surface area contributed by atoms with Crippen molar-refractivity contribution in [3.05, 3.63) is 52.3 Å². The van der Waals surface area contributed by atoms with Gasteiger partial charge in [-0.2, -0.15) is 13.2 Å². The molecule has 1 aromatic heterocycles. The average molecular weight is 500 g/mol. The first-order valence-corrected chi connectivity index (χ1v) is 12.6. The van der Waals surface area contributed by atoms with Crippen molar-refractivity contribution in [3.8, 4) is 0 Å². The van der Waals surface area contributed by atoms with E-state index >= 15 is 0 Å². The summed E-state index contributed by atoms with van der Waals surface area (Å²) in [7, 11) is 0. The number of nitrogens with one attached hydrogen (secondary N) is 1. The number of aliphatic hydroxyl groups is 1. The van der Waals surface area contributed by atoms with Gasteiger partial charge in [-0.25, -0.2) is 9.97 Å². The van der Waals surface area contributed by atoms with Crippen LogP contribution in [0.2, 0.25) is 0 Å². The summed E-state index contributed by atoms with van der Waals surface area (Å²) in [6.45, 7) is 5.65. The lowest BCUT2D eigenvalue weighted by atomic mass is 9.95. The number of aromatic nitrogens is 2. The fraction of sp³-hybridized carbons (Fsp3) is 0.481. The monoisotopic (exact) mass is 499 g/mol. The van der Waals surface area contributed by atoms with Crippen LogP contribution < -0.4 is 16.0 Å². The van der Waals surface area contributed by atoms with Gasteiger partial charge in [0.1, 0.15) is 11.6 Å². The molecule has 0 saturated carbocycles. The summed E-state index contributed by atoms with van der Waals surface area (Å²) in [5.41, 5.74) is 10.3. The average Bonchev–Trinajstić information content (AvgIpc) is 3.33. The molecule has 1 fully saturated rings. The van der Waals surface area contributed by atoms with Crippen LogP contribution in [-0.2, 0) is 19.0 Å². The number of anilines is 3. The first-order valence-electron chi connectivity index (χ1n) is 12.6. The Labute approximate surface area is 208 Å². The van der Waals surface area contributed by atoms with E-state index in [1.54, 1.807) is 6.07 Å². The number of aryl methyl sites for hydroxylation is 2. The van der Waals surface area contributed by atoms with E-state index in [0.717, 1.165) is 68.2 Å². The van der Waals surface area contributed by atoms with Crippen LogP contribution in [-0.4, -0.2) is 34.8 Å². The number of nitrogen functional groups attached to an aromatic ring is 1. The van der Waals surface area contributed by atoms with E-state index in [9.17, 15) is 18.3 Å². The lowest BCUT2D eigenvalue weighted by Gasteiger charge is -2.34. The number of hydrogen-bond acceptors (Lipinski definition) is 6. The molecule has 1 aliphatic heterocycles. The van der Waals surface area contributed by atoms with Gasteiger partial charge in [-0.1, -0.05) is 0 Å². The fourth-order valence-electron chi connectivity index (χ4n) is 5.59. The Morgan fingerprint density at radius 3 is 2.53 bits per heavy atom. The Hall–Kier alpha value is -3.07. The molecule has 0 unspecified atom stereocenters. The van der Waals surface area contributed by atoms with Crippen molar-refractivity contribution in [2.45, 2.75) is 58.2 Å². The van der Waals surface area contributed by atoms with Crippen molar-refractivity contribution in [2.24, 2.45) is 5.92 Å². The van der Waals surface area contributed by atoms with Gasteiger partial charge >= 0.3 is 6.18 Å². The van der Waals surface area contributed by atoms with E-state index in [-0.39, 0.29) is 12.3 Å². The molecular formula is C27H32F3N5O. The molecule has 6 nitrogen and oxygen atoms in total. The minimum Gasteiger partial charge on any atom is -0.399 e. The highest BCUT2D eigenvalue weighted by molar-refractivity contribution is 5.96. The first kappa shape index (κ1) is 24.6. The zero-order valence-electron chi connectivity index (χ0n) is 20.6. The zero-order valence-corrected chi connectivity index (χ0v) is 20.6. The van der Waals surface area contributed by atoms with Crippen molar-refractivity contribution in [1.82, 2.24) is 9.97 Å². The molecule has 36 heavy (non-hydrogen) atoms. The molecule has 9 heteroatoms. The van der Waals surface area contributed by atoms with Crippen molar-refractivity contribution in [3.63, 3.8) is 0 Å². The maximum absolute atomic E-state index is 13.4. The van der Waals surface area contributed by atoms with Crippen LogP contribution in [0.15, 0.2) is 24.3 Å². The Kier molecular flexibility index (Phi) is 6.44. The number of benzene rings is 2. The van der Waals surface area contributed by atoms with Crippen LogP contribution in [0.3, 0.4) is 0 Å². The Balaban J connectivity index is 1.55. The van der Waals surface area contributed by atoms with E-state index in [4.69, 9.17) is 10.7 Å². The number of halogens is 3. The molecule has 192 valence electrons. The normalized spacial score (nSPS) is 17.4. The lowest BCUT2D eigenvalue weighted by molar-refractivity contribution is -0.137. The van der Waals surface area contributed by atoms with Gasteiger partial charge < -0.3 is 21.1 Å². The highest BCUT2D eigenvalue weighted by atomic mass is 19.4. The first-order chi connectivity index (χ1) is 17.1. The molecule has 1 aliphatic carbocycles. The number of piperidine rings is 1. The summed E-state index contributed by atoms with van der Waals surface area (Å²) in [4.78, 5) is 11.9. The third kappa shape index (κ3) is 4.68. The Morgan fingerprint density at radius 1 is 1.11 bits per heavy atom. The SMILES string of the molecule is Cc1nc(N[C@H](C)c2cc(N)cc(C(F)(F)F)c2)c2cc(N3CCC(CO)CC3)c3c(c2n1)CCC3. The maximum atomic E-state index is 13.4. The zero-order chi connectivity index (χ0) is 25.6. The highest BCUT2D eigenvalue weighted by Gasteiger charge is 2.32. The van der Waals surface area contributed by atoms with Gasteiger partial charge in [0.2, 0.25) is 0 Å². The van der Waals surface area contributed by atoms with Crippen LogP contribution in [0.5, 0.6) is 0 Å². The standard InChI is InChI=1S/C27H32F3N5O/c1-15(18-10-19(27(28,29)30)12-20(31)11-18)32-26-23-13-24(35-8-6-17(14-36)7-9-35)21-4-3-5-22(21)25(23)33-16(2)34-26/h10-13,15,17,36H,3-9,14,31H2,1-2H3,(H,32,33,34)/t15-/m1/s1. The second kappa shape index (κ2) is 9.42. The molecule has 2 aromatic carbocycles. The smallest absolute Gasteiger partial charge is 0.399 e. The van der Waals surface area contributed by atoms with Gasteiger partial charge in [0.25, 0.3) is 0 Å². The minimum absolute atomic E-state index is 0.0728. The predicted molar refractivity (Wildman–Crippen MR) is 136 cm³/mol. The quantitative estimate of drug-likeness (QED) is 0.407. The second-order valence-electron chi connectivity index (χ2n) is 10.1. The van der Waals surface area contributed by atoms with Crippen molar-refractivity contribution >= 4 is 28.1 Å². The third-order valence-electron chi connectivity index (χ3n) is 7.52. The summed E-state index contributed by atoms with van der Waals surface area (Å²) in [5.74, 6) is 1.58. The van der Waals surface area contributed by atoms with Crippen LogP contribution in [0, 0.1) is 12.8 Å². The molecule has 0 bridgehead atoms. The number of nitrogens with zero attached hydrogens (tertiary/aromatic N) is 3. The van der Waals surface area contributed by atoms with Crippen molar-refractivity contribution in [1.29, 1.82) is 0 Å². The van der Waals surface area contributed by atoms with Gasteiger partial charge in [-0.3, -0.25) is 0 Å². The van der Waals surface area contributed by atoms with Crippen molar-refractivity contribution in [2.75, 3.05) is 35.6 Å². The minimum atomic E-state index is -4.47. The number of rotatable bonds is 5. The number of alkyl halides is 3. The van der Waals surface area contributed by atoms with Gasteiger partial charge in [0.15, 0.2) is 0 Å². The second-order valence-corrected chi connectivity index (χ2v) is 10.1. The predicted octanol–water partition coefficient (Wildman–Crippen LogP) is 5.41. The molecule has 2 aliphatic rings. The van der Waals surface area contributed by atoms with Gasteiger partial charge in [-0.05, 0) is 92.8 Å². The van der Waals surface area contributed by atoms with Gasteiger partial charge in [0, 0.05) is 36.5 Å². The summed E-state index contributed by atoms with van der Waals surface area (Å²) in [6, 6.07) is 5.35. The topological polar surface area (TPSA) is 87.3 Å². The summed E-state index contributed by atoms with van der Waals surface area (Å²) < 4.78 is 40.1. The third-order valence-corrected chi connectivity index (χ3v) is 7.52. The molecule has 0 radical (unpaired) electrons. The molecule has 3 aromatic rings. The van der Waals surface area contributed by atoms with Crippen LogP contribution >= 0.6 is 0 Å². The van der Waals surface area contributed by atoms with Crippen molar-refractivity contribution < 1.29 is 18.3 Å². The maximum Gasteiger partial charge on any atom is 0.416 e. The summed E-state index contributed by atoms with van der Waals surface area (Å²) in [5, 5.41) is 13.8. The molecule has 1 atom stereocenters. The molecular weight excluding hydrogens is 467 g/mol. The Bertz CT molecular complexity index is 1280. The van der Waals surface area contributed by atoms with Gasteiger partial charge in [0.05, 0.1) is 17.1 Å². The Morgan fingerprint density at radius 2 is 1.83 bits per heavy atom. The van der Waals surface area contributed by atoms with Crippen LogP contribution in [0.1, 0.15) is 60.3 Å².